The molecule has 39 heavy (non-hydrogen) atoms. The number of aromatic amines is 1. The molecule has 4 aromatic rings. The van der Waals surface area contributed by atoms with Crippen LogP contribution in [0, 0.1) is 0 Å². The first-order valence-corrected chi connectivity index (χ1v) is 13.9. The molecule has 1 amide bonds. The number of amides is 1. The lowest BCUT2D eigenvalue weighted by Gasteiger charge is -2.26. The average Bonchev–Trinajstić information content (AvgIpc) is 3.23. The van der Waals surface area contributed by atoms with E-state index in [0.29, 0.717) is 11.4 Å². The molecule has 0 spiro atoms. The van der Waals surface area contributed by atoms with Gasteiger partial charge in [-0.25, -0.2) is 0 Å². The van der Waals surface area contributed by atoms with E-state index in [1.54, 1.807) is 6.20 Å². The number of H-pyrrole nitrogens is 1. The molecular formula is C30H35N7O2. The summed E-state index contributed by atoms with van der Waals surface area (Å²) in [5, 5.41) is 11.1. The van der Waals surface area contributed by atoms with E-state index in [1.807, 2.05) is 42.7 Å². The number of likely N-dealkylation sites (tertiary alicyclic amines) is 1. The second-order valence-corrected chi connectivity index (χ2v) is 10.5. The number of carbonyl (C=O) groups excluding carboxylic acids is 1. The second kappa shape index (κ2) is 12.0. The Kier molecular flexibility index (Phi) is 7.90. The van der Waals surface area contributed by atoms with Crippen LogP contribution in [0.2, 0.25) is 0 Å². The molecule has 202 valence electrons. The average molecular weight is 526 g/mol. The molecule has 9 nitrogen and oxygen atoms in total. The molecule has 5 heterocycles. The Morgan fingerprint density at radius 1 is 0.872 bits per heavy atom. The number of pyridine rings is 2. The molecule has 0 saturated carbocycles. The monoisotopic (exact) mass is 525 g/mol. The second-order valence-electron chi connectivity index (χ2n) is 10.5. The van der Waals surface area contributed by atoms with E-state index in [-0.39, 0.29) is 5.91 Å². The number of carbonyl (C=O) groups is 1. The summed E-state index contributed by atoms with van der Waals surface area (Å²) in [6, 6.07) is 12.1. The number of benzene rings is 1. The lowest BCUT2D eigenvalue weighted by atomic mass is 10.0. The highest BCUT2D eigenvalue weighted by molar-refractivity contribution is 6.11. The van der Waals surface area contributed by atoms with Gasteiger partial charge in [0.2, 0.25) is 0 Å². The molecule has 3 aromatic heterocycles. The van der Waals surface area contributed by atoms with E-state index < -0.39 is 0 Å². The molecule has 9 heteroatoms. The number of ether oxygens (including phenoxy) is 1. The Morgan fingerprint density at radius 3 is 2.49 bits per heavy atom. The number of morpholine rings is 1. The van der Waals surface area contributed by atoms with Crippen LogP contribution in [0.15, 0.2) is 55.0 Å². The van der Waals surface area contributed by atoms with Gasteiger partial charge in [0.1, 0.15) is 0 Å². The summed E-state index contributed by atoms with van der Waals surface area (Å²) >= 11 is 0. The smallest absolute Gasteiger partial charge is 0.276 e. The maximum atomic E-state index is 13.2. The van der Waals surface area contributed by atoms with Crippen LogP contribution in [0.1, 0.15) is 47.4 Å². The minimum atomic E-state index is -0.269. The standard InChI is InChI=1S/C30H35N7O2/c38-30(33-25-6-7-26(32-19-25)21-37-11-13-39-14-12-37)29-27-16-23(5-8-28(27)34-35-29)24-15-22(17-31-18-24)20-36-9-3-1-2-4-10-36/h5-8,15-19H,1-4,9-14,20-21H2,(H,33,38)(H,34,35). The van der Waals surface area contributed by atoms with E-state index in [9.17, 15) is 4.79 Å². The van der Waals surface area contributed by atoms with Gasteiger partial charge in [0, 0.05) is 49.5 Å². The number of hydrogen-bond acceptors (Lipinski definition) is 7. The molecule has 0 radical (unpaired) electrons. The van der Waals surface area contributed by atoms with Gasteiger partial charge >= 0.3 is 0 Å². The molecule has 2 aliphatic heterocycles. The normalized spacial score (nSPS) is 17.2. The van der Waals surface area contributed by atoms with Gasteiger partial charge < -0.3 is 10.1 Å². The predicted molar refractivity (Wildman–Crippen MR) is 151 cm³/mol. The topological polar surface area (TPSA) is 99.3 Å². The number of nitrogens with zero attached hydrogens (tertiary/aromatic N) is 5. The zero-order valence-corrected chi connectivity index (χ0v) is 22.2. The number of anilines is 1. The lowest BCUT2D eigenvalue weighted by Crippen LogP contribution is -2.35. The Labute approximate surface area is 228 Å². The van der Waals surface area contributed by atoms with E-state index >= 15 is 0 Å². The summed E-state index contributed by atoms with van der Waals surface area (Å²) in [4.78, 5) is 27.1. The highest BCUT2D eigenvalue weighted by Gasteiger charge is 2.17. The molecule has 0 atom stereocenters. The molecule has 0 aliphatic carbocycles. The van der Waals surface area contributed by atoms with E-state index in [0.717, 1.165) is 80.2 Å². The zero-order valence-electron chi connectivity index (χ0n) is 22.2. The minimum absolute atomic E-state index is 0.269. The van der Waals surface area contributed by atoms with Crippen molar-refractivity contribution in [3.63, 3.8) is 0 Å². The van der Waals surface area contributed by atoms with Gasteiger partial charge in [0.25, 0.3) is 5.91 Å². The van der Waals surface area contributed by atoms with Crippen molar-refractivity contribution in [1.82, 2.24) is 30.0 Å². The summed E-state index contributed by atoms with van der Waals surface area (Å²) in [7, 11) is 0. The fourth-order valence-corrected chi connectivity index (χ4v) is 5.42. The lowest BCUT2D eigenvalue weighted by molar-refractivity contribution is 0.0336. The predicted octanol–water partition coefficient (Wildman–Crippen LogP) is 4.48. The van der Waals surface area contributed by atoms with Crippen LogP contribution in [-0.2, 0) is 17.8 Å². The summed E-state index contributed by atoms with van der Waals surface area (Å²) in [6.07, 6.45) is 10.7. The van der Waals surface area contributed by atoms with Crippen LogP contribution < -0.4 is 5.32 Å². The van der Waals surface area contributed by atoms with Crippen molar-refractivity contribution in [1.29, 1.82) is 0 Å². The maximum absolute atomic E-state index is 13.2. The number of rotatable bonds is 7. The SMILES string of the molecule is O=C(Nc1ccc(CN2CCOCC2)nc1)c1n[nH]c2ccc(-c3cncc(CN4CCCCCC4)c3)cc12. The molecular weight excluding hydrogens is 490 g/mol. The highest BCUT2D eigenvalue weighted by atomic mass is 16.5. The number of nitrogens with one attached hydrogen (secondary N) is 2. The quantitative estimate of drug-likeness (QED) is 0.367. The van der Waals surface area contributed by atoms with Gasteiger partial charge in [-0.15, -0.1) is 0 Å². The summed E-state index contributed by atoms with van der Waals surface area (Å²) < 4.78 is 5.41. The van der Waals surface area contributed by atoms with Crippen molar-refractivity contribution < 1.29 is 9.53 Å². The van der Waals surface area contributed by atoms with Crippen molar-refractivity contribution in [3.8, 4) is 11.1 Å². The van der Waals surface area contributed by atoms with Crippen LogP contribution in [0.4, 0.5) is 5.69 Å². The third kappa shape index (κ3) is 6.33. The van der Waals surface area contributed by atoms with Crippen molar-refractivity contribution >= 4 is 22.5 Å². The first kappa shape index (κ1) is 25.6. The molecule has 2 saturated heterocycles. The largest absolute Gasteiger partial charge is 0.379 e. The highest BCUT2D eigenvalue weighted by Crippen LogP contribution is 2.27. The molecule has 2 aliphatic rings. The summed E-state index contributed by atoms with van der Waals surface area (Å²) in [5.74, 6) is -0.269. The van der Waals surface area contributed by atoms with E-state index in [2.05, 4.69) is 41.3 Å². The van der Waals surface area contributed by atoms with Crippen molar-refractivity contribution in [2.75, 3.05) is 44.7 Å². The van der Waals surface area contributed by atoms with Gasteiger partial charge in [-0.3, -0.25) is 29.7 Å². The van der Waals surface area contributed by atoms with Crippen LogP contribution in [0.25, 0.3) is 22.0 Å². The first-order chi connectivity index (χ1) is 19.2. The molecule has 0 unspecified atom stereocenters. The van der Waals surface area contributed by atoms with Gasteiger partial charge in [0.15, 0.2) is 5.69 Å². The summed E-state index contributed by atoms with van der Waals surface area (Å²) in [5.41, 5.74) is 6.05. The Morgan fingerprint density at radius 2 is 1.69 bits per heavy atom. The van der Waals surface area contributed by atoms with Gasteiger partial charge in [-0.1, -0.05) is 18.9 Å². The van der Waals surface area contributed by atoms with Gasteiger partial charge in [-0.2, -0.15) is 5.10 Å². The summed E-state index contributed by atoms with van der Waals surface area (Å²) in [6.45, 7) is 7.33. The number of aromatic nitrogens is 4. The maximum Gasteiger partial charge on any atom is 0.276 e. The molecule has 2 fully saturated rings. The van der Waals surface area contributed by atoms with Gasteiger partial charge in [-0.05, 0) is 67.4 Å². The van der Waals surface area contributed by atoms with Crippen LogP contribution in [0.5, 0.6) is 0 Å². The fourth-order valence-electron chi connectivity index (χ4n) is 5.42. The van der Waals surface area contributed by atoms with Crippen molar-refractivity contribution in [2.24, 2.45) is 0 Å². The zero-order chi connectivity index (χ0) is 26.4. The van der Waals surface area contributed by atoms with Crippen LogP contribution in [0.3, 0.4) is 0 Å². The van der Waals surface area contributed by atoms with Crippen molar-refractivity contribution in [2.45, 2.75) is 38.8 Å². The minimum Gasteiger partial charge on any atom is -0.379 e. The van der Waals surface area contributed by atoms with Gasteiger partial charge in [0.05, 0.1) is 36.3 Å². The number of hydrogen-bond donors (Lipinski definition) is 2. The van der Waals surface area contributed by atoms with E-state index in [1.165, 1.54) is 31.2 Å². The third-order valence-corrected chi connectivity index (χ3v) is 7.58. The van der Waals surface area contributed by atoms with E-state index in [4.69, 9.17) is 4.74 Å². The third-order valence-electron chi connectivity index (χ3n) is 7.58. The first-order valence-electron chi connectivity index (χ1n) is 13.9. The molecule has 2 N–H and O–H groups in total. The number of fused-ring (bicyclic) bond motifs is 1. The van der Waals surface area contributed by atoms with Crippen molar-refractivity contribution in [3.05, 3.63) is 71.9 Å². The Hall–Kier alpha value is -3.66. The molecule has 1 aromatic carbocycles. The van der Waals surface area contributed by atoms with Crippen LogP contribution in [-0.4, -0.2) is 75.3 Å². The fraction of sp³-hybridized carbons (Fsp3) is 0.400. The molecule has 0 bridgehead atoms. The van der Waals surface area contributed by atoms with Crippen LogP contribution >= 0.6 is 0 Å². The Balaban J connectivity index is 1.15. The molecule has 6 rings (SSSR count). The Bertz CT molecular complexity index is 1400.